The molecule has 10 heteroatoms. The van der Waals surface area contributed by atoms with E-state index in [4.69, 9.17) is 11.5 Å². The van der Waals surface area contributed by atoms with E-state index in [0.29, 0.717) is 38.8 Å². The Kier molecular flexibility index (Phi) is 8.86. The van der Waals surface area contributed by atoms with Gasteiger partial charge in [-0.2, -0.15) is 0 Å². The quantitative estimate of drug-likeness (QED) is 0.432. The second-order valence-electron chi connectivity index (χ2n) is 10.4. The smallest absolute Gasteiger partial charge is 0.246 e. The zero-order valence-corrected chi connectivity index (χ0v) is 22.2. The van der Waals surface area contributed by atoms with Crippen molar-refractivity contribution in [1.29, 1.82) is 0 Å². The standard InChI is InChI=1S/C29H37N5O5/c1-32(25(18-19-7-3-2-4-8-19)29(39)33-15-5-9-23(33)26(31)36)28(38)24-10-6-16-34(24)27(37)22(30)17-20-11-13-21(35)14-12-20/h2-4,7-8,11-14,22-25,35H,5-6,9-10,15-18,30H2,1H3,(H2,31,36)/t22?,23-,24?,25+/m1/s1. The normalized spacial score (nSPS) is 20.5. The number of primary amides is 1. The summed E-state index contributed by atoms with van der Waals surface area (Å²) >= 11 is 0. The molecule has 0 radical (unpaired) electrons. The van der Waals surface area contributed by atoms with E-state index in [9.17, 15) is 24.3 Å². The third-order valence-electron chi connectivity index (χ3n) is 7.77. The molecule has 4 amide bonds. The Morgan fingerprint density at radius 1 is 0.872 bits per heavy atom. The number of carbonyl (C=O) groups excluding carboxylic acids is 4. The Morgan fingerprint density at radius 2 is 1.44 bits per heavy atom. The number of nitrogens with zero attached hydrogens (tertiary/aromatic N) is 3. The number of aromatic hydroxyl groups is 1. The zero-order chi connectivity index (χ0) is 28.1. The van der Waals surface area contributed by atoms with Gasteiger partial charge in [-0.3, -0.25) is 19.2 Å². The van der Waals surface area contributed by atoms with Crippen LogP contribution in [0.25, 0.3) is 0 Å². The predicted molar refractivity (Wildman–Crippen MR) is 145 cm³/mol. The van der Waals surface area contributed by atoms with Gasteiger partial charge >= 0.3 is 0 Å². The molecule has 0 aliphatic carbocycles. The Balaban J connectivity index is 1.52. The van der Waals surface area contributed by atoms with Crippen LogP contribution in [0, 0.1) is 0 Å². The zero-order valence-electron chi connectivity index (χ0n) is 22.2. The summed E-state index contributed by atoms with van der Waals surface area (Å²) in [5, 5.41) is 9.51. The van der Waals surface area contributed by atoms with Crippen molar-refractivity contribution < 1.29 is 24.3 Å². The highest BCUT2D eigenvalue weighted by molar-refractivity contribution is 5.95. The number of benzene rings is 2. The number of phenols is 1. The van der Waals surface area contributed by atoms with E-state index < -0.39 is 30.1 Å². The average molecular weight is 536 g/mol. The first kappa shape index (κ1) is 28.1. The molecular weight excluding hydrogens is 498 g/mol. The van der Waals surface area contributed by atoms with Crippen molar-refractivity contribution in [3.63, 3.8) is 0 Å². The Bertz CT molecular complexity index is 1190. The van der Waals surface area contributed by atoms with E-state index >= 15 is 0 Å². The molecule has 0 bridgehead atoms. The number of hydrogen-bond acceptors (Lipinski definition) is 6. The van der Waals surface area contributed by atoms with Gasteiger partial charge < -0.3 is 31.3 Å². The summed E-state index contributed by atoms with van der Waals surface area (Å²) in [4.78, 5) is 57.4. The topological polar surface area (TPSA) is 150 Å². The predicted octanol–water partition coefficient (Wildman–Crippen LogP) is 0.799. The summed E-state index contributed by atoms with van der Waals surface area (Å²) in [5.74, 6) is -1.41. The third kappa shape index (κ3) is 6.39. The van der Waals surface area contributed by atoms with Crippen molar-refractivity contribution in [2.75, 3.05) is 20.1 Å². The number of likely N-dealkylation sites (tertiary alicyclic amines) is 2. The van der Waals surface area contributed by atoms with Crippen LogP contribution in [0.2, 0.25) is 0 Å². The molecule has 0 spiro atoms. The summed E-state index contributed by atoms with van der Waals surface area (Å²) in [5.41, 5.74) is 13.5. The molecule has 4 atom stereocenters. The first-order valence-electron chi connectivity index (χ1n) is 13.4. The highest BCUT2D eigenvalue weighted by atomic mass is 16.3. The molecule has 2 aliphatic heterocycles. The summed E-state index contributed by atoms with van der Waals surface area (Å²) < 4.78 is 0. The molecular formula is C29H37N5O5. The number of nitrogens with two attached hydrogens (primary N) is 2. The Hall–Kier alpha value is -3.92. The lowest BCUT2D eigenvalue weighted by molar-refractivity contribution is -0.151. The Morgan fingerprint density at radius 3 is 2.05 bits per heavy atom. The second kappa shape index (κ2) is 12.3. The van der Waals surface area contributed by atoms with Gasteiger partial charge in [-0.15, -0.1) is 0 Å². The molecule has 10 nitrogen and oxygen atoms in total. The van der Waals surface area contributed by atoms with E-state index in [-0.39, 0.29) is 36.3 Å². The molecule has 2 unspecified atom stereocenters. The van der Waals surface area contributed by atoms with Crippen molar-refractivity contribution in [3.8, 4) is 5.75 Å². The lowest BCUT2D eigenvalue weighted by atomic mass is 10.0. The number of rotatable bonds is 9. The number of likely N-dealkylation sites (N-methyl/N-ethyl adjacent to an activating group) is 1. The molecule has 0 aromatic heterocycles. The molecule has 2 aromatic rings. The van der Waals surface area contributed by atoms with Gasteiger partial charge in [-0.25, -0.2) is 0 Å². The van der Waals surface area contributed by atoms with Crippen LogP contribution in [0.15, 0.2) is 54.6 Å². The maximum atomic E-state index is 13.8. The largest absolute Gasteiger partial charge is 0.508 e. The summed E-state index contributed by atoms with van der Waals surface area (Å²) in [6.07, 6.45) is 2.82. The molecule has 2 fully saturated rings. The van der Waals surface area contributed by atoms with E-state index in [1.54, 1.807) is 19.2 Å². The van der Waals surface area contributed by atoms with Crippen LogP contribution in [-0.2, 0) is 32.0 Å². The highest BCUT2D eigenvalue weighted by Gasteiger charge is 2.43. The van der Waals surface area contributed by atoms with Crippen LogP contribution < -0.4 is 11.5 Å². The first-order chi connectivity index (χ1) is 18.7. The van der Waals surface area contributed by atoms with Gasteiger partial charge in [0.15, 0.2) is 0 Å². The van der Waals surface area contributed by atoms with E-state index in [1.165, 1.54) is 26.8 Å². The van der Waals surface area contributed by atoms with Crippen molar-refractivity contribution in [3.05, 3.63) is 65.7 Å². The number of hydrogen-bond donors (Lipinski definition) is 3. The van der Waals surface area contributed by atoms with Crippen molar-refractivity contribution >= 4 is 23.6 Å². The van der Waals surface area contributed by atoms with Crippen molar-refractivity contribution in [2.24, 2.45) is 11.5 Å². The molecule has 0 saturated carbocycles. The number of carbonyl (C=O) groups is 4. The molecule has 2 saturated heterocycles. The highest BCUT2D eigenvalue weighted by Crippen LogP contribution is 2.25. The fourth-order valence-corrected chi connectivity index (χ4v) is 5.61. The van der Waals surface area contributed by atoms with Crippen LogP contribution >= 0.6 is 0 Å². The summed E-state index contributed by atoms with van der Waals surface area (Å²) in [6.45, 7) is 0.805. The molecule has 2 heterocycles. The molecule has 2 aromatic carbocycles. The van der Waals surface area contributed by atoms with Crippen LogP contribution in [0.5, 0.6) is 5.75 Å². The van der Waals surface area contributed by atoms with E-state index in [1.807, 2.05) is 30.3 Å². The third-order valence-corrected chi connectivity index (χ3v) is 7.77. The van der Waals surface area contributed by atoms with Crippen molar-refractivity contribution in [2.45, 2.75) is 62.7 Å². The minimum atomic E-state index is -0.858. The van der Waals surface area contributed by atoms with Gasteiger partial charge in [0.05, 0.1) is 6.04 Å². The average Bonchev–Trinajstić information content (AvgIpc) is 3.62. The monoisotopic (exact) mass is 535 g/mol. The SMILES string of the molecule is CN(C(=O)C1CCCN1C(=O)C(N)Cc1ccc(O)cc1)[C@@H](Cc1ccccc1)C(=O)N1CCC[C@@H]1C(N)=O. The summed E-state index contributed by atoms with van der Waals surface area (Å²) in [7, 11) is 1.58. The van der Waals surface area contributed by atoms with Gasteiger partial charge in [0.2, 0.25) is 23.6 Å². The van der Waals surface area contributed by atoms with Gasteiger partial charge in [-0.1, -0.05) is 42.5 Å². The molecule has 2 aliphatic rings. The van der Waals surface area contributed by atoms with Gasteiger partial charge in [0.1, 0.15) is 23.9 Å². The lowest BCUT2D eigenvalue weighted by Crippen LogP contribution is -2.58. The fourth-order valence-electron chi connectivity index (χ4n) is 5.61. The van der Waals surface area contributed by atoms with Crippen molar-refractivity contribution in [1.82, 2.24) is 14.7 Å². The van der Waals surface area contributed by atoms with Gasteiger partial charge in [0.25, 0.3) is 0 Å². The minimum absolute atomic E-state index is 0.127. The fraction of sp³-hybridized carbons (Fsp3) is 0.448. The Labute approximate surface area is 228 Å². The van der Waals surface area contributed by atoms with E-state index in [0.717, 1.165) is 11.1 Å². The van der Waals surface area contributed by atoms with Gasteiger partial charge in [-0.05, 0) is 55.4 Å². The molecule has 208 valence electrons. The van der Waals surface area contributed by atoms with Crippen LogP contribution in [0.1, 0.15) is 36.8 Å². The van der Waals surface area contributed by atoms with E-state index in [2.05, 4.69) is 0 Å². The molecule has 39 heavy (non-hydrogen) atoms. The maximum absolute atomic E-state index is 13.8. The van der Waals surface area contributed by atoms with Crippen LogP contribution in [0.4, 0.5) is 0 Å². The molecule has 5 N–H and O–H groups in total. The lowest BCUT2D eigenvalue weighted by Gasteiger charge is -2.36. The first-order valence-corrected chi connectivity index (χ1v) is 13.4. The second-order valence-corrected chi connectivity index (χ2v) is 10.4. The number of amides is 4. The van der Waals surface area contributed by atoms with Gasteiger partial charge in [0, 0.05) is 26.6 Å². The van der Waals surface area contributed by atoms with Crippen LogP contribution in [0.3, 0.4) is 0 Å². The van der Waals surface area contributed by atoms with Crippen LogP contribution in [-0.4, -0.2) is 87.7 Å². The molecule has 4 rings (SSSR count). The number of phenolic OH excluding ortho intramolecular Hbond substituents is 1. The minimum Gasteiger partial charge on any atom is -0.508 e. The summed E-state index contributed by atoms with van der Waals surface area (Å²) in [6, 6.07) is 12.8. The maximum Gasteiger partial charge on any atom is 0.246 e.